The Morgan fingerprint density at radius 2 is 1.62 bits per heavy atom. The molecule has 0 saturated carbocycles. The predicted molar refractivity (Wildman–Crippen MR) is 158 cm³/mol. The average Bonchev–Trinajstić information content (AvgIpc) is 3.48. The third kappa shape index (κ3) is 3.98. The Balaban J connectivity index is 1.32. The van der Waals surface area contributed by atoms with Crippen molar-refractivity contribution in [2.24, 2.45) is 12.0 Å². The second kappa shape index (κ2) is 9.57. The lowest BCUT2D eigenvalue weighted by molar-refractivity contribution is -0.572. The van der Waals surface area contributed by atoms with Crippen LogP contribution in [0.25, 0.3) is 38.5 Å². The number of benzene rings is 4. The fourth-order valence-corrected chi connectivity index (χ4v) is 5.21. The molecule has 1 aliphatic rings. The number of aromatic nitrogens is 3. The quantitative estimate of drug-likeness (QED) is 0.189. The van der Waals surface area contributed by atoms with Gasteiger partial charge in [0.05, 0.1) is 46.4 Å². The fraction of sp³-hybridized carbons (Fsp3) is 0.0294. The normalized spacial score (nSPS) is 17.4. The molecule has 0 N–H and O–H groups in total. The van der Waals surface area contributed by atoms with Gasteiger partial charge in [0.1, 0.15) is 17.3 Å². The summed E-state index contributed by atoms with van der Waals surface area (Å²) in [5, 5.41) is 11.6. The second-order valence-electron chi connectivity index (χ2n) is 9.51. The molecule has 0 saturated heterocycles. The maximum atomic E-state index is 9.42. The number of hydrogen-bond acceptors (Lipinski definition) is 3. The Bertz CT molecular complexity index is 2110. The first-order valence-corrected chi connectivity index (χ1v) is 12.9. The van der Waals surface area contributed by atoms with Gasteiger partial charge in [0.15, 0.2) is 0 Å². The van der Waals surface area contributed by atoms with E-state index in [-0.39, 0.29) is 0 Å². The van der Waals surface area contributed by atoms with Crippen molar-refractivity contribution in [2.75, 3.05) is 0 Å². The Labute approximate surface area is 230 Å². The molecule has 4 aromatic carbocycles. The number of para-hydroxylation sites is 3. The largest absolute Gasteiger partial charge is 0.458 e. The van der Waals surface area contributed by atoms with E-state index in [1.54, 1.807) is 24.4 Å². The first kappa shape index (κ1) is 23.4. The monoisotopic (exact) mass is 517 g/mol. The maximum Gasteiger partial charge on any atom is 0.244 e. The number of allylic oxidation sites excluding steroid dienone is 5. The van der Waals surface area contributed by atoms with Gasteiger partial charge >= 0.3 is 0 Å². The van der Waals surface area contributed by atoms with Gasteiger partial charge in [0, 0.05) is 23.0 Å². The minimum absolute atomic E-state index is 0.564. The van der Waals surface area contributed by atoms with E-state index in [2.05, 4.69) is 52.3 Å². The predicted octanol–water partition coefficient (Wildman–Crippen LogP) is 6.94. The summed E-state index contributed by atoms with van der Waals surface area (Å²) >= 11 is 0. The molecule has 0 amide bonds. The van der Waals surface area contributed by atoms with Gasteiger partial charge in [-0.1, -0.05) is 54.6 Å². The molecule has 6 nitrogen and oxygen atoms in total. The summed E-state index contributed by atoms with van der Waals surface area (Å²) in [5.74, 6) is 2.15. The number of rotatable bonds is 3. The topological polar surface area (TPSA) is 59.1 Å². The Kier molecular flexibility index (Phi) is 5.61. The molecule has 7 rings (SSSR count). The van der Waals surface area contributed by atoms with Crippen LogP contribution in [-0.2, 0) is 7.05 Å². The van der Waals surface area contributed by atoms with E-state index >= 15 is 0 Å². The summed E-state index contributed by atoms with van der Waals surface area (Å²) in [6.07, 6.45) is 12.3. The van der Waals surface area contributed by atoms with Gasteiger partial charge in [0.2, 0.25) is 6.33 Å². The van der Waals surface area contributed by atoms with Gasteiger partial charge < -0.3 is 13.9 Å². The van der Waals surface area contributed by atoms with Crippen molar-refractivity contribution in [1.29, 1.82) is 5.26 Å². The second-order valence-corrected chi connectivity index (χ2v) is 9.51. The van der Waals surface area contributed by atoms with E-state index in [9.17, 15) is 5.26 Å². The van der Waals surface area contributed by atoms with E-state index in [4.69, 9.17) is 4.74 Å². The van der Waals surface area contributed by atoms with Crippen LogP contribution in [0.1, 0.15) is 0 Å². The van der Waals surface area contributed by atoms with Gasteiger partial charge in [-0.3, -0.25) is 4.57 Å². The number of hydrogen-bond donors (Lipinski definition) is 0. The zero-order chi connectivity index (χ0) is 27.1. The molecule has 0 spiro atoms. The summed E-state index contributed by atoms with van der Waals surface area (Å²) in [4.78, 5) is 4.69. The molecule has 6 heteroatoms. The first-order valence-electron chi connectivity index (χ1n) is 12.9. The number of imidazole rings is 1. The van der Waals surface area contributed by atoms with Crippen LogP contribution in [0.3, 0.4) is 0 Å². The van der Waals surface area contributed by atoms with Gasteiger partial charge in [0.25, 0.3) is 0 Å². The van der Waals surface area contributed by atoms with Gasteiger partial charge in [-0.25, -0.2) is 4.99 Å². The van der Waals surface area contributed by atoms with E-state index in [0.717, 1.165) is 44.3 Å². The highest BCUT2D eigenvalue weighted by molar-refractivity contribution is 6.16. The third-order valence-corrected chi connectivity index (χ3v) is 7.03. The smallest absolute Gasteiger partial charge is 0.244 e. The summed E-state index contributed by atoms with van der Waals surface area (Å²) in [6.45, 7) is 0. The molecule has 1 aliphatic heterocycles. The number of nitrogens with zero attached hydrogens (tertiary/aromatic N) is 5. The van der Waals surface area contributed by atoms with Crippen LogP contribution < -0.4 is 9.30 Å². The molecule has 0 bridgehead atoms. The molecule has 0 atom stereocenters. The van der Waals surface area contributed by atoms with Crippen LogP contribution >= 0.6 is 0 Å². The van der Waals surface area contributed by atoms with Crippen molar-refractivity contribution in [2.45, 2.75) is 0 Å². The summed E-state index contributed by atoms with van der Waals surface area (Å²) < 4.78 is 12.6. The maximum absolute atomic E-state index is 9.42. The molecule has 40 heavy (non-hydrogen) atoms. The molecular formula is C34H23N5O. The van der Waals surface area contributed by atoms with Crippen molar-refractivity contribution in [3.05, 3.63) is 133 Å². The highest BCUT2D eigenvalue weighted by atomic mass is 16.5. The SMILES string of the molecule is Cn1[c-][n+](-c2cccc(Oc3ccc4c5ccccc5n(C5=N/C=C\C=C(C#N)/C=C\5)c4c3)c2)c2ccccc21. The van der Waals surface area contributed by atoms with Crippen molar-refractivity contribution in [3.8, 4) is 23.3 Å². The molecule has 0 unspecified atom stereocenters. The molecule has 2 aromatic heterocycles. The molecule has 190 valence electrons. The first-order chi connectivity index (χ1) is 19.7. The number of nitriles is 1. The highest BCUT2D eigenvalue weighted by Crippen LogP contribution is 2.33. The zero-order valence-corrected chi connectivity index (χ0v) is 21.7. The van der Waals surface area contributed by atoms with Crippen LogP contribution in [0.2, 0.25) is 0 Å². The van der Waals surface area contributed by atoms with Crippen LogP contribution in [0.4, 0.5) is 0 Å². The van der Waals surface area contributed by atoms with E-state index in [0.29, 0.717) is 17.2 Å². The lowest BCUT2D eigenvalue weighted by Crippen LogP contribution is -2.29. The third-order valence-electron chi connectivity index (χ3n) is 7.03. The lowest BCUT2D eigenvalue weighted by atomic mass is 10.1. The molecule has 0 radical (unpaired) electrons. The Morgan fingerprint density at radius 1 is 0.825 bits per heavy atom. The summed E-state index contributed by atoms with van der Waals surface area (Å²) in [5.41, 5.74) is 5.70. The van der Waals surface area contributed by atoms with E-state index < -0.39 is 0 Å². The van der Waals surface area contributed by atoms with Crippen molar-refractivity contribution in [1.82, 2.24) is 9.13 Å². The summed E-state index contributed by atoms with van der Waals surface area (Å²) in [6, 6.07) is 32.8. The molecular weight excluding hydrogens is 494 g/mol. The standard InChI is InChI=1S/C34H23N5O/c1-37-23-38(32-14-5-4-13-31(32)37)25-9-6-10-26(20-25)40-27-16-17-29-28-11-2-3-12-30(28)39(33(29)21-27)34-18-15-24(22-35)8-7-19-36-34/h2-21H,1H3/b8-7?,18-15-,19-7-,24-8+,24-15?,34-18?,36-19?,36-34+. The molecule has 6 aromatic rings. The van der Waals surface area contributed by atoms with Crippen LogP contribution in [0.15, 0.2) is 132 Å². The summed E-state index contributed by atoms with van der Waals surface area (Å²) in [7, 11) is 2.00. The van der Waals surface area contributed by atoms with Crippen molar-refractivity contribution in [3.63, 3.8) is 0 Å². The Hall–Kier alpha value is -5.67. The van der Waals surface area contributed by atoms with E-state index in [1.165, 1.54) is 0 Å². The number of fused-ring (bicyclic) bond motifs is 4. The minimum atomic E-state index is 0.564. The Morgan fingerprint density at radius 3 is 2.52 bits per heavy atom. The number of aliphatic imine (C=N–C) groups is 1. The van der Waals surface area contributed by atoms with Crippen LogP contribution in [0.5, 0.6) is 11.5 Å². The number of ether oxygens (including phenoxy) is 1. The van der Waals surface area contributed by atoms with Crippen molar-refractivity contribution >= 4 is 38.7 Å². The van der Waals surface area contributed by atoms with Crippen LogP contribution in [0, 0.1) is 17.7 Å². The lowest BCUT2D eigenvalue weighted by Gasteiger charge is -2.11. The van der Waals surface area contributed by atoms with E-state index in [1.807, 2.05) is 82.9 Å². The van der Waals surface area contributed by atoms with Crippen molar-refractivity contribution < 1.29 is 9.30 Å². The fourth-order valence-electron chi connectivity index (χ4n) is 5.21. The molecule has 3 heterocycles. The molecule has 0 fully saturated rings. The highest BCUT2D eigenvalue weighted by Gasteiger charge is 2.15. The average molecular weight is 518 g/mol. The zero-order valence-electron chi connectivity index (χ0n) is 21.7. The number of aryl methyl sites for hydroxylation is 1. The molecule has 0 aliphatic carbocycles. The van der Waals surface area contributed by atoms with Gasteiger partial charge in [-0.2, -0.15) is 5.26 Å². The van der Waals surface area contributed by atoms with Gasteiger partial charge in [-0.15, -0.1) is 0 Å². The van der Waals surface area contributed by atoms with Crippen LogP contribution in [-0.4, -0.2) is 15.0 Å². The van der Waals surface area contributed by atoms with Gasteiger partial charge in [-0.05, 0) is 54.6 Å². The minimum Gasteiger partial charge on any atom is -0.458 e.